The molecule has 1 unspecified atom stereocenters. The number of rotatable bonds is 1. The zero-order chi connectivity index (χ0) is 12.9. The van der Waals surface area contributed by atoms with Crippen molar-refractivity contribution in [3.8, 4) is 0 Å². The van der Waals surface area contributed by atoms with E-state index in [0.717, 1.165) is 0 Å². The Bertz CT molecular complexity index is 674. The van der Waals surface area contributed by atoms with E-state index in [1.54, 1.807) is 12.1 Å². The Kier molecular flexibility index (Phi) is 2.23. The predicted molar refractivity (Wildman–Crippen MR) is 62.0 cm³/mol. The molecule has 3 rings (SSSR count). The number of fused-ring (bicyclic) bond motifs is 3. The minimum absolute atomic E-state index is 0.0220. The second-order valence-corrected chi connectivity index (χ2v) is 4.51. The highest BCUT2D eigenvalue weighted by molar-refractivity contribution is 6.11. The third kappa shape index (κ3) is 1.44. The highest BCUT2D eigenvalue weighted by Gasteiger charge is 2.32. The van der Waals surface area contributed by atoms with Crippen LogP contribution in [0.5, 0.6) is 0 Å². The van der Waals surface area contributed by atoms with Gasteiger partial charge in [-0.2, -0.15) is 0 Å². The molecule has 5 heteroatoms. The Morgan fingerprint density at radius 3 is 2.89 bits per heavy atom. The molecule has 2 N–H and O–H groups in total. The maximum absolute atomic E-state index is 13.6. The number of aliphatic carboxylic acids is 1. The number of nitrogens with one attached hydrogen (secondary N) is 1. The molecular formula is C13H10FNO3. The molecule has 1 aromatic carbocycles. The van der Waals surface area contributed by atoms with E-state index >= 15 is 0 Å². The summed E-state index contributed by atoms with van der Waals surface area (Å²) in [5.41, 5.74) is 1.25. The van der Waals surface area contributed by atoms with Crippen LogP contribution in [0.15, 0.2) is 18.2 Å². The van der Waals surface area contributed by atoms with Crippen LogP contribution in [0, 0.1) is 11.7 Å². The molecule has 0 amide bonds. The molecular weight excluding hydrogens is 237 g/mol. The predicted octanol–water partition coefficient (Wildman–Crippen LogP) is 2.14. The van der Waals surface area contributed by atoms with Crippen molar-refractivity contribution in [3.05, 3.63) is 35.3 Å². The maximum Gasteiger partial charge on any atom is 0.307 e. The summed E-state index contributed by atoms with van der Waals surface area (Å²) in [6.45, 7) is 0. The molecule has 18 heavy (non-hydrogen) atoms. The van der Waals surface area contributed by atoms with Gasteiger partial charge in [0.1, 0.15) is 5.82 Å². The van der Waals surface area contributed by atoms with Crippen molar-refractivity contribution in [2.45, 2.75) is 12.8 Å². The van der Waals surface area contributed by atoms with Crippen LogP contribution in [0.1, 0.15) is 22.5 Å². The lowest BCUT2D eigenvalue weighted by atomic mass is 9.86. The largest absolute Gasteiger partial charge is 0.481 e. The Hall–Kier alpha value is -2.17. The second kappa shape index (κ2) is 3.66. The number of aromatic nitrogens is 1. The molecule has 0 fully saturated rings. The highest BCUT2D eigenvalue weighted by atomic mass is 19.1. The zero-order valence-corrected chi connectivity index (χ0v) is 9.37. The van der Waals surface area contributed by atoms with Gasteiger partial charge in [-0.3, -0.25) is 9.59 Å². The number of para-hydroxylation sites is 1. The first-order valence-corrected chi connectivity index (χ1v) is 5.63. The highest BCUT2D eigenvalue weighted by Crippen LogP contribution is 2.32. The van der Waals surface area contributed by atoms with E-state index in [4.69, 9.17) is 5.11 Å². The van der Waals surface area contributed by atoms with Crippen molar-refractivity contribution in [1.29, 1.82) is 0 Å². The van der Waals surface area contributed by atoms with Gasteiger partial charge in [0, 0.05) is 29.5 Å². The third-order valence-corrected chi connectivity index (χ3v) is 3.37. The topological polar surface area (TPSA) is 70.2 Å². The number of carboxylic acids is 1. The minimum atomic E-state index is -0.992. The molecule has 2 aromatic rings. The number of carbonyl (C=O) groups excluding carboxylic acids is 1. The molecule has 1 aromatic heterocycles. The van der Waals surface area contributed by atoms with Crippen LogP contribution in [0.4, 0.5) is 4.39 Å². The van der Waals surface area contributed by atoms with Crippen molar-refractivity contribution in [1.82, 2.24) is 4.98 Å². The first-order valence-electron chi connectivity index (χ1n) is 5.63. The normalized spacial score (nSPS) is 18.9. The van der Waals surface area contributed by atoms with Gasteiger partial charge in [0.2, 0.25) is 0 Å². The molecule has 92 valence electrons. The lowest BCUT2D eigenvalue weighted by molar-refractivity contribution is -0.141. The molecule has 0 bridgehead atoms. The Morgan fingerprint density at radius 1 is 1.39 bits per heavy atom. The Balaban J connectivity index is 2.22. The molecule has 0 spiro atoms. The number of Topliss-reactive ketones (excluding diaryl/α,β-unsaturated/α-hetero) is 1. The maximum atomic E-state index is 13.6. The lowest BCUT2D eigenvalue weighted by Crippen LogP contribution is -2.25. The number of ketones is 1. The molecule has 0 aliphatic heterocycles. The molecule has 0 radical (unpaired) electrons. The fraction of sp³-hybridized carbons (Fsp3) is 0.231. The molecule has 0 saturated carbocycles. The van der Waals surface area contributed by atoms with Crippen LogP contribution in [0.2, 0.25) is 0 Å². The zero-order valence-electron chi connectivity index (χ0n) is 9.37. The monoisotopic (exact) mass is 247 g/mol. The number of carbonyl (C=O) groups is 2. The van der Waals surface area contributed by atoms with E-state index in [2.05, 4.69) is 4.98 Å². The van der Waals surface area contributed by atoms with Crippen molar-refractivity contribution in [3.63, 3.8) is 0 Å². The van der Waals surface area contributed by atoms with Crippen molar-refractivity contribution >= 4 is 22.7 Å². The molecule has 4 nitrogen and oxygen atoms in total. The van der Waals surface area contributed by atoms with Crippen molar-refractivity contribution in [2.75, 3.05) is 0 Å². The Labute approximate surface area is 101 Å². The summed E-state index contributed by atoms with van der Waals surface area (Å²) >= 11 is 0. The standard InChI is InChI=1S/C13H10FNO3/c14-8-3-1-2-7-11-9(15-12(7)8)4-6(13(17)18)5-10(11)16/h1-3,6,15H,4-5H2,(H,17,18). The lowest BCUT2D eigenvalue weighted by Gasteiger charge is -2.17. The summed E-state index contributed by atoms with van der Waals surface area (Å²) in [6.07, 6.45) is 0.219. The van der Waals surface area contributed by atoms with E-state index in [0.29, 0.717) is 16.6 Å². The fourth-order valence-corrected chi connectivity index (χ4v) is 2.53. The first kappa shape index (κ1) is 11.0. The average Bonchev–Trinajstić information content (AvgIpc) is 2.69. The van der Waals surface area contributed by atoms with Crippen molar-refractivity contribution in [2.24, 2.45) is 5.92 Å². The van der Waals surface area contributed by atoms with Crippen LogP contribution < -0.4 is 0 Å². The van der Waals surface area contributed by atoms with Gasteiger partial charge in [-0.05, 0) is 6.07 Å². The van der Waals surface area contributed by atoms with E-state index < -0.39 is 17.7 Å². The van der Waals surface area contributed by atoms with Gasteiger partial charge < -0.3 is 10.1 Å². The molecule has 0 saturated heterocycles. The quantitative estimate of drug-likeness (QED) is 0.811. The summed E-state index contributed by atoms with van der Waals surface area (Å²) in [6, 6.07) is 4.53. The first-order chi connectivity index (χ1) is 8.58. The van der Waals surface area contributed by atoms with Crippen LogP contribution in [-0.4, -0.2) is 21.8 Å². The fourth-order valence-electron chi connectivity index (χ4n) is 2.53. The number of halogens is 1. The van der Waals surface area contributed by atoms with E-state index in [1.165, 1.54) is 6.07 Å². The van der Waals surface area contributed by atoms with Crippen LogP contribution >= 0.6 is 0 Å². The van der Waals surface area contributed by atoms with Gasteiger partial charge in [0.15, 0.2) is 5.78 Å². The van der Waals surface area contributed by atoms with Gasteiger partial charge in [-0.15, -0.1) is 0 Å². The van der Waals surface area contributed by atoms with Gasteiger partial charge in [0.05, 0.1) is 11.4 Å². The summed E-state index contributed by atoms with van der Waals surface area (Å²) in [7, 11) is 0. The van der Waals surface area contributed by atoms with Crippen molar-refractivity contribution < 1.29 is 19.1 Å². The molecule has 1 aliphatic carbocycles. The summed E-state index contributed by atoms with van der Waals surface area (Å²) < 4.78 is 13.6. The molecule has 1 atom stereocenters. The number of hydrogen-bond donors (Lipinski definition) is 2. The van der Waals surface area contributed by atoms with E-state index in [9.17, 15) is 14.0 Å². The Morgan fingerprint density at radius 2 is 2.17 bits per heavy atom. The number of benzene rings is 1. The third-order valence-electron chi connectivity index (χ3n) is 3.37. The number of carboxylic acid groups (broad SMARTS) is 1. The second-order valence-electron chi connectivity index (χ2n) is 4.51. The van der Waals surface area contributed by atoms with E-state index in [-0.39, 0.29) is 24.1 Å². The molecule has 1 aliphatic rings. The van der Waals surface area contributed by atoms with E-state index in [1.807, 2.05) is 0 Å². The van der Waals surface area contributed by atoms with Crippen LogP contribution in [0.3, 0.4) is 0 Å². The summed E-state index contributed by atoms with van der Waals surface area (Å²) in [5, 5.41) is 9.51. The SMILES string of the molecule is O=C1CC(C(=O)O)Cc2[nH]c3c(F)cccc3c21. The van der Waals surface area contributed by atoms with Gasteiger partial charge >= 0.3 is 5.97 Å². The van der Waals surface area contributed by atoms with Crippen LogP contribution in [0.25, 0.3) is 10.9 Å². The van der Waals surface area contributed by atoms with Crippen LogP contribution in [-0.2, 0) is 11.2 Å². The summed E-state index contributed by atoms with van der Waals surface area (Å²) in [4.78, 5) is 25.8. The van der Waals surface area contributed by atoms with Gasteiger partial charge in [-0.1, -0.05) is 12.1 Å². The van der Waals surface area contributed by atoms with Gasteiger partial charge in [0.25, 0.3) is 0 Å². The van der Waals surface area contributed by atoms with Gasteiger partial charge in [-0.25, -0.2) is 4.39 Å². The summed E-state index contributed by atoms with van der Waals surface area (Å²) in [5.74, 6) is -2.38. The molecule has 1 heterocycles. The minimum Gasteiger partial charge on any atom is -0.481 e. The number of hydrogen-bond acceptors (Lipinski definition) is 2. The average molecular weight is 247 g/mol. The number of H-pyrrole nitrogens is 1. The smallest absolute Gasteiger partial charge is 0.307 e. The number of aromatic amines is 1.